The Balaban J connectivity index is 1.66. The van der Waals surface area contributed by atoms with E-state index in [2.05, 4.69) is 25.2 Å². The number of amides is 2. The number of carbonyl (C=O) groups excluding carboxylic acids is 2. The van der Waals surface area contributed by atoms with Crippen LogP contribution in [0.4, 0.5) is 0 Å². The molecule has 4 nitrogen and oxygen atoms in total. The number of carbonyl (C=O) groups is 2. The standard InChI is InChI=1S/C19H28N2O2/c1-18-9-7-13-11(12(18)4-5-14(18)17(20)23)3-6-15-19(13,2)10-8-16(22)21-15/h8,10-15H,3-7,9H2,1-2H3,(H2,20,23)(H,21,22)/t11-,12-,13+,14?,15?,18-,19+/m0/s1. The zero-order valence-electron chi connectivity index (χ0n) is 14.2. The maximum Gasteiger partial charge on any atom is 0.243 e. The molecular formula is C19H28N2O2. The van der Waals surface area contributed by atoms with E-state index in [1.165, 1.54) is 6.42 Å². The van der Waals surface area contributed by atoms with E-state index in [4.69, 9.17) is 5.73 Å². The molecule has 4 heteroatoms. The Kier molecular flexibility index (Phi) is 3.20. The summed E-state index contributed by atoms with van der Waals surface area (Å²) >= 11 is 0. The molecule has 0 aromatic heterocycles. The summed E-state index contributed by atoms with van der Waals surface area (Å²) in [5.41, 5.74) is 5.88. The number of nitrogens with two attached hydrogens (primary N) is 1. The average Bonchev–Trinajstić information content (AvgIpc) is 2.85. The normalized spacial score (nSPS) is 51.4. The SMILES string of the molecule is C[C@]12C=CC(=O)NC1CC[C@@H]1[C@H]2CC[C@]2(C)C(C(N)=O)CC[C@@H]12. The van der Waals surface area contributed by atoms with Gasteiger partial charge in [-0.15, -0.1) is 0 Å². The van der Waals surface area contributed by atoms with Crippen LogP contribution in [0.2, 0.25) is 0 Å². The lowest BCUT2D eigenvalue weighted by atomic mass is 9.48. The van der Waals surface area contributed by atoms with E-state index in [9.17, 15) is 9.59 Å². The van der Waals surface area contributed by atoms with Crippen LogP contribution in [0, 0.1) is 34.5 Å². The summed E-state index contributed by atoms with van der Waals surface area (Å²) in [6.07, 6.45) is 10.5. The first kappa shape index (κ1) is 15.2. The van der Waals surface area contributed by atoms with Gasteiger partial charge in [0.2, 0.25) is 11.8 Å². The molecule has 2 unspecified atom stereocenters. The van der Waals surface area contributed by atoms with Gasteiger partial charge in [-0.3, -0.25) is 9.59 Å². The highest BCUT2D eigenvalue weighted by Gasteiger charge is 2.60. The van der Waals surface area contributed by atoms with E-state index in [0.29, 0.717) is 17.8 Å². The van der Waals surface area contributed by atoms with Gasteiger partial charge in [0.1, 0.15) is 0 Å². The number of primary amides is 1. The Morgan fingerprint density at radius 1 is 1.17 bits per heavy atom. The highest BCUT2D eigenvalue weighted by atomic mass is 16.2. The highest BCUT2D eigenvalue weighted by molar-refractivity contribution is 5.89. The smallest absolute Gasteiger partial charge is 0.243 e. The van der Waals surface area contributed by atoms with Crippen molar-refractivity contribution in [1.82, 2.24) is 5.32 Å². The van der Waals surface area contributed by atoms with Gasteiger partial charge in [-0.05, 0) is 67.8 Å². The molecule has 4 rings (SSSR count). The number of hydrogen-bond donors (Lipinski definition) is 2. The van der Waals surface area contributed by atoms with Crippen molar-refractivity contribution < 1.29 is 9.59 Å². The van der Waals surface area contributed by atoms with Gasteiger partial charge in [0, 0.05) is 17.4 Å². The van der Waals surface area contributed by atoms with Crippen molar-refractivity contribution in [3.8, 4) is 0 Å². The Morgan fingerprint density at radius 2 is 1.96 bits per heavy atom. The molecule has 0 spiro atoms. The van der Waals surface area contributed by atoms with Crippen LogP contribution in [0.25, 0.3) is 0 Å². The lowest BCUT2D eigenvalue weighted by molar-refractivity contribution is -0.131. The fourth-order valence-electron chi connectivity index (χ4n) is 6.80. The predicted octanol–water partition coefficient (Wildman–Crippen LogP) is 2.39. The summed E-state index contributed by atoms with van der Waals surface area (Å²) in [5.74, 6) is 1.91. The molecule has 0 bridgehead atoms. The minimum absolute atomic E-state index is 0.0561. The van der Waals surface area contributed by atoms with E-state index in [1.54, 1.807) is 6.08 Å². The molecule has 7 atom stereocenters. The zero-order valence-corrected chi connectivity index (χ0v) is 14.2. The zero-order chi connectivity index (χ0) is 16.4. The number of hydrogen-bond acceptors (Lipinski definition) is 2. The molecule has 23 heavy (non-hydrogen) atoms. The van der Waals surface area contributed by atoms with Crippen LogP contribution in [0.5, 0.6) is 0 Å². The molecule has 3 N–H and O–H groups in total. The van der Waals surface area contributed by atoms with Gasteiger partial charge >= 0.3 is 0 Å². The Bertz CT molecular complexity index is 586. The van der Waals surface area contributed by atoms with Crippen LogP contribution < -0.4 is 11.1 Å². The molecule has 1 aliphatic heterocycles. The Morgan fingerprint density at radius 3 is 2.70 bits per heavy atom. The van der Waals surface area contributed by atoms with Crippen molar-refractivity contribution in [1.29, 1.82) is 0 Å². The average molecular weight is 316 g/mol. The number of rotatable bonds is 1. The van der Waals surface area contributed by atoms with Gasteiger partial charge in [-0.2, -0.15) is 0 Å². The maximum atomic E-state index is 11.9. The number of fused-ring (bicyclic) bond motifs is 5. The summed E-state index contributed by atoms with van der Waals surface area (Å²) in [7, 11) is 0. The molecule has 3 fully saturated rings. The fourth-order valence-corrected chi connectivity index (χ4v) is 6.80. The molecule has 3 aliphatic carbocycles. The van der Waals surface area contributed by atoms with E-state index < -0.39 is 0 Å². The molecule has 0 aromatic carbocycles. The van der Waals surface area contributed by atoms with Gasteiger partial charge in [0.25, 0.3) is 0 Å². The van der Waals surface area contributed by atoms with Crippen molar-refractivity contribution >= 4 is 11.8 Å². The second-order valence-electron chi connectivity index (χ2n) is 8.79. The molecule has 126 valence electrons. The lowest BCUT2D eigenvalue weighted by Gasteiger charge is -2.58. The van der Waals surface area contributed by atoms with E-state index in [0.717, 1.165) is 32.1 Å². The minimum atomic E-state index is -0.0989. The minimum Gasteiger partial charge on any atom is -0.369 e. The summed E-state index contributed by atoms with van der Waals surface area (Å²) in [6, 6.07) is 0.277. The third-order valence-corrected chi connectivity index (χ3v) is 8.03. The van der Waals surface area contributed by atoms with E-state index in [1.807, 2.05) is 0 Å². The first-order valence-corrected chi connectivity index (χ1v) is 9.15. The van der Waals surface area contributed by atoms with Gasteiger partial charge in [-0.25, -0.2) is 0 Å². The molecule has 4 aliphatic rings. The van der Waals surface area contributed by atoms with Crippen LogP contribution in [0.1, 0.15) is 52.4 Å². The van der Waals surface area contributed by atoms with Crippen LogP contribution >= 0.6 is 0 Å². The van der Waals surface area contributed by atoms with Crippen LogP contribution in [0.3, 0.4) is 0 Å². The highest BCUT2D eigenvalue weighted by Crippen LogP contribution is 2.64. The van der Waals surface area contributed by atoms with Crippen molar-refractivity contribution in [2.45, 2.75) is 58.4 Å². The van der Waals surface area contributed by atoms with Crippen LogP contribution in [-0.4, -0.2) is 17.9 Å². The third kappa shape index (κ3) is 1.96. The molecule has 3 saturated carbocycles. The number of nitrogens with one attached hydrogen (secondary N) is 1. The first-order chi connectivity index (χ1) is 10.9. The second-order valence-corrected chi connectivity index (χ2v) is 8.79. The summed E-state index contributed by atoms with van der Waals surface area (Å²) in [5, 5.41) is 3.19. The van der Waals surface area contributed by atoms with E-state index >= 15 is 0 Å². The predicted molar refractivity (Wildman–Crippen MR) is 88.1 cm³/mol. The third-order valence-electron chi connectivity index (χ3n) is 8.03. The summed E-state index contributed by atoms with van der Waals surface area (Å²) in [6.45, 7) is 4.64. The topological polar surface area (TPSA) is 72.2 Å². The van der Waals surface area contributed by atoms with Gasteiger partial charge in [-0.1, -0.05) is 19.9 Å². The quantitative estimate of drug-likeness (QED) is 0.779. The molecule has 0 radical (unpaired) electrons. The van der Waals surface area contributed by atoms with E-state index in [-0.39, 0.29) is 34.6 Å². The Hall–Kier alpha value is -1.32. The largest absolute Gasteiger partial charge is 0.369 e. The molecule has 2 amide bonds. The Labute approximate surface area is 138 Å². The lowest BCUT2D eigenvalue weighted by Crippen LogP contribution is -2.59. The second kappa shape index (κ2) is 4.84. The molecule has 0 aromatic rings. The van der Waals surface area contributed by atoms with Crippen LogP contribution in [0.15, 0.2) is 12.2 Å². The van der Waals surface area contributed by atoms with Crippen molar-refractivity contribution in [3.05, 3.63) is 12.2 Å². The molecule has 1 heterocycles. The molecule has 0 saturated heterocycles. The van der Waals surface area contributed by atoms with Crippen LogP contribution in [-0.2, 0) is 9.59 Å². The fraction of sp³-hybridized carbons (Fsp3) is 0.789. The van der Waals surface area contributed by atoms with Crippen molar-refractivity contribution in [2.24, 2.45) is 40.2 Å². The van der Waals surface area contributed by atoms with Gasteiger partial charge in [0.15, 0.2) is 0 Å². The van der Waals surface area contributed by atoms with Crippen molar-refractivity contribution in [3.63, 3.8) is 0 Å². The van der Waals surface area contributed by atoms with Crippen molar-refractivity contribution in [2.75, 3.05) is 0 Å². The summed E-state index contributed by atoms with van der Waals surface area (Å²) < 4.78 is 0. The maximum absolute atomic E-state index is 11.9. The van der Waals surface area contributed by atoms with Gasteiger partial charge in [0.05, 0.1) is 0 Å². The first-order valence-electron chi connectivity index (χ1n) is 9.15. The van der Waals surface area contributed by atoms with Gasteiger partial charge < -0.3 is 11.1 Å². The molecular weight excluding hydrogens is 288 g/mol. The monoisotopic (exact) mass is 316 g/mol. The summed E-state index contributed by atoms with van der Waals surface area (Å²) in [4.78, 5) is 23.6.